The fourth-order valence-electron chi connectivity index (χ4n) is 1.88. The fourth-order valence-corrected chi connectivity index (χ4v) is 2.60. The second kappa shape index (κ2) is 6.95. The highest BCUT2D eigenvalue weighted by Gasteiger charge is 2.11. The van der Waals surface area contributed by atoms with Gasteiger partial charge >= 0.3 is 0 Å². The van der Waals surface area contributed by atoms with E-state index in [4.69, 9.17) is 12.2 Å². The summed E-state index contributed by atoms with van der Waals surface area (Å²) in [6, 6.07) is 9.68. The molecule has 0 unspecified atom stereocenters. The zero-order chi connectivity index (χ0) is 15.4. The lowest BCUT2D eigenvalue weighted by Crippen LogP contribution is -2.21. The molecule has 0 heterocycles. The van der Waals surface area contributed by atoms with Gasteiger partial charge in [0.15, 0.2) is 10.9 Å². The Hall–Kier alpha value is -1.53. The van der Waals surface area contributed by atoms with Crippen LogP contribution in [0.25, 0.3) is 0 Å². The van der Waals surface area contributed by atoms with Gasteiger partial charge in [-0.1, -0.05) is 25.1 Å². The zero-order valence-corrected chi connectivity index (χ0v) is 13.6. The molecule has 0 amide bonds. The molecule has 0 spiro atoms. The molecule has 2 nitrogen and oxygen atoms in total. The summed E-state index contributed by atoms with van der Waals surface area (Å²) >= 11 is 8.28. The van der Waals surface area contributed by atoms with Crippen molar-refractivity contribution >= 4 is 44.6 Å². The van der Waals surface area contributed by atoms with Gasteiger partial charge in [0.1, 0.15) is 5.82 Å². The molecule has 0 atom stereocenters. The van der Waals surface area contributed by atoms with E-state index in [-0.39, 0.29) is 15.3 Å². The van der Waals surface area contributed by atoms with Gasteiger partial charge in [0.25, 0.3) is 0 Å². The average Bonchev–Trinajstić information content (AvgIpc) is 2.43. The molecule has 0 aliphatic rings. The molecule has 0 saturated carbocycles. The molecule has 0 aliphatic heterocycles. The van der Waals surface area contributed by atoms with E-state index >= 15 is 0 Å². The Morgan fingerprint density at radius 3 is 2.57 bits per heavy atom. The van der Waals surface area contributed by atoms with Crippen LogP contribution in [0.5, 0.6) is 0 Å². The summed E-state index contributed by atoms with van der Waals surface area (Å²) in [7, 11) is 0. The highest BCUT2D eigenvalue weighted by molar-refractivity contribution is 9.10. The van der Waals surface area contributed by atoms with Crippen molar-refractivity contribution in [3.63, 3.8) is 0 Å². The smallest absolute Gasteiger partial charge is 0.175 e. The van der Waals surface area contributed by atoms with Gasteiger partial charge in [-0.05, 0) is 52.3 Å². The van der Waals surface area contributed by atoms with Crippen molar-refractivity contribution in [1.82, 2.24) is 0 Å². The molecule has 110 valence electrons. The van der Waals surface area contributed by atoms with E-state index in [1.807, 2.05) is 31.2 Å². The number of nitrogens with one attached hydrogen (secondary N) is 2. The number of hydrogen-bond donors (Lipinski definition) is 2. The molecule has 2 N–H and O–H groups in total. The third-order valence-corrected chi connectivity index (χ3v) is 3.72. The van der Waals surface area contributed by atoms with E-state index < -0.39 is 11.6 Å². The number of thiocarbonyl (C=S) groups is 1. The van der Waals surface area contributed by atoms with Gasteiger partial charge < -0.3 is 10.6 Å². The van der Waals surface area contributed by atoms with Crippen molar-refractivity contribution in [2.45, 2.75) is 13.3 Å². The first kappa shape index (κ1) is 15.9. The Kier molecular flexibility index (Phi) is 5.25. The minimum Gasteiger partial charge on any atom is -0.332 e. The third kappa shape index (κ3) is 3.98. The van der Waals surface area contributed by atoms with Gasteiger partial charge in [-0.3, -0.25) is 0 Å². The molecule has 0 bridgehead atoms. The van der Waals surface area contributed by atoms with Crippen LogP contribution in [0.1, 0.15) is 12.5 Å². The van der Waals surface area contributed by atoms with Crippen LogP contribution in [-0.2, 0) is 6.42 Å². The number of hydrogen-bond acceptors (Lipinski definition) is 1. The van der Waals surface area contributed by atoms with Crippen LogP contribution < -0.4 is 10.6 Å². The van der Waals surface area contributed by atoms with Crippen LogP contribution in [0.4, 0.5) is 20.2 Å². The monoisotopic (exact) mass is 370 g/mol. The normalized spacial score (nSPS) is 10.3. The van der Waals surface area contributed by atoms with Crippen molar-refractivity contribution in [2.75, 3.05) is 10.6 Å². The highest BCUT2D eigenvalue weighted by atomic mass is 79.9. The second-order valence-electron chi connectivity index (χ2n) is 4.33. The van der Waals surface area contributed by atoms with Gasteiger partial charge in [-0.15, -0.1) is 0 Å². The van der Waals surface area contributed by atoms with Gasteiger partial charge in [0, 0.05) is 16.2 Å². The molecule has 0 aliphatic carbocycles. The molecule has 21 heavy (non-hydrogen) atoms. The van der Waals surface area contributed by atoms with Crippen LogP contribution in [-0.4, -0.2) is 5.11 Å². The Labute approximate surface area is 135 Å². The number of benzene rings is 2. The number of para-hydroxylation sites is 1. The summed E-state index contributed by atoms with van der Waals surface area (Å²) in [4.78, 5) is 0. The van der Waals surface area contributed by atoms with Crippen LogP contribution in [0.3, 0.4) is 0 Å². The standard InChI is InChI=1S/C15H13BrF2N2S/c1-2-9-5-3-4-6-13(9)19-15(21)20-14-11(16)7-10(17)8-12(14)18/h3-8H,2H2,1H3,(H2,19,20,21). The number of aryl methyl sites for hydroxylation is 1. The van der Waals surface area contributed by atoms with Crippen LogP contribution in [0, 0.1) is 11.6 Å². The Balaban J connectivity index is 2.16. The lowest BCUT2D eigenvalue weighted by atomic mass is 10.1. The maximum atomic E-state index is 13.7. The van der Waals surface area contributed by atoms with Crippen molar-refractivity contribution in [3.8, 4) is 0 Å². The summed E-state index contributed by atoms with van der Waals surface area (Å²) in [6.07, 6.45) is 0.848. The van der Waals surface area contributed by atoms with Crippen molar-refractivity contribution in [1.29, 1.82) is 0 Å². The van der Waals surface area contributed by atoms with E-state index in [0.29, 0.717) is 0 Å². The Morgan fingerprint density at radius 1 is 1.19 bits per heavy atom. The largest absolute Gasteiger partial charge is 0.332 e. The van der Waals surface area contributed by atoms with Crippen LogP contribution in [0.15, 0.2) is 40.9 Å². The van der Waals surface area contributed by atoms with Crippen molar-refractivity contribution in [2.24, 2.45) is 0 Å². The van der Waals surface area contributed by atoms with Crippen LogP contribution in [0.2, 0.25) is 0 Å². The minimum absolute atomic E-state index is 0.0999. The molecule has 0 saturated heterocycles. The molecule has 6 heteroatoms. The van der Waals surface area contributed by atoms with Crippen LogP contribution >= 0.6 is 28.1 Å². The van der Waals surface area contributed by atoms with E-state index in [9.17, 15) is 8.78 Å². The SMILES string of the molecule is CCc1ccccc1NC(=S)Nc1c(F)cc(F)cc1Br. The molecule has 2 rings (SSSR count). The summed E-state index contributed by atoms with van der Waals surface area (Å²) < 4.78 is 27.1. The molecule has 2 aromatic carbocycles. The van der Waals surface area contributed by atoms with Gasteiger partial charge in [-0.2, -0.15) is 0 Å². The predicted molar refractivity (Wildman–Crippen MR) is 89.7 cm³/mol. The minimum atomic E-state index is -0.713. The Morgan fingerprint density at radius 2 is 1.90 bits per heavy atom. The zero-order valence-electron chi connectivity index (χ0n) is 11.2. The first-order valence-corrected chi connectivity index (χ1v) is 7.52. The molecular formula is C15H13BrF2N2S. The number of halogens is 3. The number of anilines is 2. The van der Waals surface area contributed by atoms with E-state index in [1.54, 1.807) is 0 Å². The summed E-state index contributed by atoms with van der Waals surface area (Å²) in [5.74, 6) is -1.37. The molecular weight excluding hydrogens is 358 g/mol. The predicted octanol–water partition coefficient (Wildman–Crippen LogP) is 5.10. The van der Waals surface area contributed by atoms with Crippen molar-refractivity contribution < 1.29 is 8.78 Å². The maximum Gasteiger partial charge on any atom is 0.175 e. The van der Waals surface area contributed by atoms with Gasteiger partial charge in [0.2, 0.25) is 0 Å². The summed E-state index contributed by atoms with van der Waals surface area (Å²) in [5, 5.41) is 5.99. The van der Waals surface area contributed by atoms with E-state index in [0.717, 1.165) is 23.7 Å². The quantitative estimate of drug-likeness (QED) is 0.735. The lowest BCUT2D eigenvalue weighted by molar-refractivity contribution is 0.585. The first-order chi connectivity index (χ1) is 10.0. The summed E-state index contributed by atoms with van der Waals surface area (Å²) in [5.41, 5.74) is 2.05. The fraction of sp³-hybridized carbons (Fsp3) is 0.133. The summed E-state index contributed by atoms with van der Waals surface area (Å²) in [6.45, 7) is 2.03. The highest BCUT2D eigenvalue weighted by Crippen LogP contribution is 2.27. The number of rotatable bonds is 3. The van der Waals surface area contributed by atoms with E-state index in [2.05, 4.69) is 26.6 Å². The topological polar surface area (TPSA) is 24.1 Å². The molecule has 0 aromatic heterocycles. The maximum absolute atomic E-state index is 13.7. The van der Waals surface area contributed by atoms with Crippen molar-refractivity contribution in [3.05, 3.63) is 58.1 Å². The molecule has 0 fully saturated rings. The molecule has 2 aromatic rings. The van der Waals surface area contributed by atoms with Gasteiger partial charge in [-0.25, -0.2) is 8.78 Å². The lowest BCUT2D eigenvalue weighted by Gasteiger charge is -2.14. The Bertz CT molecular complexity index is 653. The first-order valence-electron chi connectivity index (χ1n) is 6.31. The molecule has 0 radical (unpaired) electrons. The average molecular weight is 371 g/mol. The third-order valence-electron chi connectivity index (χ3n) is 2.89. The second-order valence-corrected chi connectivity index (χ2v) is 5.60. The van der Waals surface area contributed by atoms with Gasteiger partial charge in [0.05, 0.1) is 5.69 Å². The van der Waals surface area contributed by atoms with E-state index in [1.165, 1.54) is 6.07 Å².